The summed E-state index contributed by atoms with van der Waals surface area (Å²) in [5, 5.41) is 0. The third-order valence-electron chi connectivity index (χ3n) is 2.07. The lowest BCUT2D eigenvalue weighted by Gasteiger charge is -2.18. The molecule has 0 aliphatic rings. The second-order valence-electron chi connectivity index (χ2n) is 3.81. The average Bonchev–Trinajstić information content (AvgIpc) is 2.01. The molecule has 0 aliphatic carbocycles. The average molecular weight is 172 g/mol. The lowest BCUT2D eigenvalue weighted by Crippen LogP contribution is -2.29. The van der Waals surface area contributed by atoms with Crippen molar-refractivity contribution < 1.29 is 0 Å². The Morgan fingerprint density at radius 2 is 1.50 bits per heavy atom. The highest BCUT2D eigenvalue weighted by Crippen LogP contribution is 1.95. The molecule has 0 spiro atoms. The topological polar surface area (TPSA) is 6.48 Å². The molecule has 0 heterocycles. The van der Waals surface area contributed by atoms with Crippen LogP contribution in [0.4, 0.5) is 0 Å². The van der Waals surface area contributed by atoms with Crippen LogP contribution in [0.2, 0.25) is 0 Å². The minimum Gasteiger partial charge on any atom is -0.308 e. The Labute approximate surface area is 77.5 Å². The summed E-state index contributed by atoms with van der Waals surface area (Å²) in [6.07, 6.45) is 4.04. The minimum atomic E-state index is 1.17. The maximum absolute atomic E-state index is 2.41. The third kappa shape index (κ3) is 8.02. The highest BCUT2D eigenvalue weighted by atomic mass is 15.1. The zero-order valence-corrected chi connectivity index (χ0v) is 9.14. The lowest BCUT2D eigenvalue weighted by molar-refractivity contribution is 0.277. The smallest absolute Gasteiger partial charge is 0.0106 e. The van der Waals surface area contributed by atoms with Crippen LogP contribution in [-0.2, 0) is 0 Å². The van der Waals surface area contributed by atoms with Gasteiger partial charge in [-0.2, -0.15) is 0 Å². The van der Waals surface area contributed by atoms with Gasteiger partial charge in [-0.25, -0.2) is 0 Å². The van der Waals surface area contributed by atoms with Crippen molar-refractivity contribution in [2.75, 3.05) is 40.8 Å². The van der Waals surface area contributed by atoms with E-state index in [0.29, 0.717) is 0 Å². The second-order valence-corrected chi connectivity index (χ2v) is 3.81. The van der Waals surface area contributed by atoms with Crippen molar-refractivity contribution in [2.24, 2.45) is 0 Å². The maximum Gasteiger partial charge on any atom is 0.0106 e. The molecule has 0 unspecified atom stereocenters. The third-order valence-corrected chi connectivity index (χ3v) is 2.07. The van der Waals surface area contributed by atoms with Crippen LogP contribution in [0.1, 0.15) is 26.2 Å². The molecule has 0 saturated heterocycles. The fraction of sp³-hybridized carbons (Fsp3) is 1.00. The molecule has 0 aromatic heterocycles. The standard InChI is InChI=1S/C10H24N2/c1-5-6-7-8-12(4)10-9-11(2)3/h5-10H2,1-4H3. The monoisotopic (exact) mass is 172 g/mol. The van der Waals surface area contributed by atoms with Crippen molar-refractivity contribution in [1.82, 2.24) is 9.80 Å². The molecule has 0 fully saturated rings. The summed E-state index contributed by atoms with van der Waals surface area (Å²) in [5.41, 5.74) is 0. The van der Waals surface area contributed by atoms with Gasteiger partial charge in [-0.05, 0) is 34.1 Å². The normalized spacial score (nSPS) is 11.5. The largest absolute Gasteiger partial charge is 0.308 e. The highest BCUT2D eigenvalue weighted by molar-refractivity contribution is 4.53. The van der Waals surface area contributed by atoms with Gasteiger partial charge in [0.05, 0.1) is 0 Å². The molecule has 0 saturated carbocycles. The van der Waals surface area contributed by atoms with Gasteiger partial charge < -0.3 is 9.80 Å². The van der Waals surface area contributed by atoms with Gasteiger partial charge in [0.2, 0.25) is 0 Å². The first-order valence-corrected chi connectivity index (χ1v) is 5.00. The molecular formula is C10H24N2. The van der Waals surface area contributed by atoms with Crippen LogP contribution in [0.25, 0.3) is 0 Å². The first kappa shape index (κ1) is 11.9. The van der Waals surface area contributed by atoms with Gasteiger partial charge in [0.25, 0.3) is 0 Å². The molecule has 0 radical (unpaired) electrons. The first-order chi connectivity index (χ1) is 5.66. The summed E-state index contributed by atoms with van der Waals surface area (Å²) in [6, 6.07) is 0. The van der Waals surface area contributed by atoms with Gasteiger partial charge in [0.1, 0.15) is 0 Å². The van der Waals surface area contributed by atoms with Gasteiger partial charge in [-0.1, -0.05) is 19.8 Å². The van der Waals surface area contributed by atoms with Gasteiger partial charge in [0, 0.05) is 13.1 Å². The maximum atomic E-state index is 2.41. The quantitative estimate of drug-likeness (QED) is 0.539. The van der Waals surface area contributed by atoms with Crippen LogP contribution in [0.15, 0.2) is 0 Å². The van der Waals surface area contributed by atoms with E-state index in [0.717, 1.165) is 0 Å². The summed E-state index contributed by atoms with van der Waals surface area (Å²) in [5.74, 6) is 0. The van der Waals surface area contributed by atoms with E-state index in [2.05, 4.69) is 37.9 Å². The van der Waals surface area contributed by atoms with Crippen molar-refractivity contribution in [2.45, 2.75) is 26.2 Å². The number of hydrogen-bond donors (Lipinski definition) is 0. The Bertz CT molecular complexity index is 91.8. The van der Waals surface area contributed by atoms with E-state index < -0.39 is 0 Å². The van der Waals surface area contributed by atoms with Crippen LogP contribution < -0.4 is 0 Å². The van der Waals surface area contributed by atoms with E-state index in [4.69, 9.17) is 0 Å². The minimum absolute atomic E-state index is 1.17. The first-order valence-electron chi connectivity index (χ1n) is 5.00. The van der Waals surface area contributed by atoms with Crippen molar-refractivity contribution >= 4 is 0 Å². The van der Waals surface area contributed by atoms with Gasteiger partial charge in [0.15, 0.2) is 0 Å². The SMILES string of the molecule is CCCCCN(C)CCN(C)C. The Hall–Kier alpha value is -0.0800. The number of hydrogen-bond acceptors (Lipinski definition) is 2. The van der Waals surface area contributed by atoms with E-state index in [9.17, 15) is 0 Å². The molecule has 0 bridgehead atoms. The zero-order valence-electron chi connectivity index (χ0n) is 9.14. The van der Waals surface area contributed by atoms with Crippen LogP contribution in [0, 0.1) is 0 Å². The fourth-order valence-electron chi connectivity index (χ4n) is 1.11. The molecule has 2 nitrogen and oxygen atoms in total. The predicted molar refractivity (Wildman–Crippen MR) is 55.6 cm³/mol. The molecule has 0 aliphatic heterocycles. The Balaban J connectivity index is 3.15. The van der Waals surface area contributed by atoms with Crippen molar-refractivity contribution in [3.05, 3.63) is 0 Å². The summed E-state index contributed by atoms with van der Waals surface area (Å²) in [4.78, 5) is 4.64. The number of rotatable bonds is 7. The number of unbranched alkanes of at least 4 members (excludes halogenated alkanes) is 2. The van der Waals surface area contributed by atoms with E-state index in [1.54, 1.807) is 0 Å². The Morgan fingerprint density at radius 1 is 0.833 bits per heavy atom. The number of nitrogens with zero attached hydrogens (tertiary/aromatic N) is 2. The van der Waals surface area contributed by atoms with E-state index >= 15 is 0 Å². The van der Waals surface area contributed by atoms with E-state index in [1.807, 2.05) is 0 Å². The van der Waals surface area contributed by atoms with E-state index in [1.165, 1.54) is 38.9 Å². The molecule has 0 aromatic carbocycles. The van der Waals surface area contributed by atoms with Crippen molar-refractivity contribution in [3.63, 3.8) is 0 Å². The molecule has 0 atom stereocenters. The summed E-state index contributed by atoms with van der Waals surface area (Å²) < 4.78 is 0. The summed E-state index contributed by atoms with van der Waals surface area (Å²) in [7, 11) is 6.46. The summed E-state index contributed by atoms with van der Waals surface area (Å²) in [6.45, 7) is 5.86. The Kier molecular flexibility index (Phi) is 7.51. The fourth-order valence-corrected chi connectivity index (χ4v) is 1.11. The zero-order chi connectivity index (χ0) is 9.40. The molecule has 12 heavy (non-hydrogen) atoms. The van der Waals surface area contributed by atoms with Crippen molar-refractivity contribution in [3.8, 4) is 0 Å². The van der Waals surface area contributed by atoms with Gasteiger partial charge >= 0.3 is 0 Å². The predicted octanol–water partition coefficient (Wildman–Crippen LogP) is 1.67. The van der Waals surface area contributed by atoms with Crippen LogP contribution in [-0.4, -0.2) is 50.6 Å². The molecule has 0 rings (SSSR count). The number of likely N-dealkylation sites (N-methyl/N-ethyl adjacent to an activating group) is 2. The van der Waals surface area contributed by atoms with Crippen molar-refractivity contribution in [1.29, 1.82) is 0 Å². The lowest BCUT2D eigenvalue weighted by atomic mass is 10.2. The Morgan fingerprint density at radius 3 is 2.00 bits per heavy atom. The van der Waals surface area contributed by atoms with Crippen LogP contribution in [0.3, 0.4) is 0 Å². The molecule has 0 amide bonds. The molecule has 0 aromatic rings. The van der Waals surface area contributed by atoms with E-state index in [-0.39, 0.29) is 0 Å². The second kappa shape index (κ2) is 7.56. The molecule has 74 valence electrons. The molecule has 2 heteroatoms. The highest BCUT2D eigenvalue weighted by Gasteiger charge is 1.97. The van der Waals surface area contributed by atoms with Crippen LogP contribution in [0.5, 0.6) is 0 Å². The van der Waals surface area contributed by atoms with Crippen LogP contribution >= 0.6 is 0 Å². The summed E-state index contributed by atoms with van der Waals surface area (Å²) >= 11 is 0. The molecule has 0 N–H and O–H groups in total. The van der Waals surface area contributed by atoms with Gasteiger partial charge in [-0.15, -0.1) is 0 Å². The van der Waals surface area contributed by atoms with Gasteiger partial charge in [-0.3, -0.25) is 0 Å². The molecular weight excluding hydrogens is 148 g/mol.